The van der Waals surface area contributed by atoms with Crippen molar-refractivity contribution >= 4 is 29.9 Å². The predicted octanol–water partition coefficient (Wildman–Crippen LogP) is 3.08. The third kappa shape index (κ3) is 5.55. The summed E-state index contributed by atoms with van der Waals surface area (Å²) >= 11 is 0. The lowest BCUT2D eigenvalue weighted by molar-refractivity contribution is 0.265. The largest absolute Gasteiger partial charge is 0.353 e. The van der Waals surface area contributed by atoms with Crippen LogP contribution in [-0.4, -0.2) is 48.6 Å². The van der Waals surface area contributed by atoms with Gasteiger partial charge in [-0.3, -0.25) is 9.89 Å². The van der Waals surface area contributed by atoms with Crippen molar-refractivity contribution in [3.63, 3.8) is 0 Å². The van der Waals surface area contributed by atoms with Gasteiger partial charge in [-0.15, -0.1) is 24.0 Å². The van der Waals surface area contributed by atoms with Crippen LogP contribution in [0.1, 0.15) is 53.9 Å². The molecule has 130 valence electrons. The van der Waals surface area contributed by atoms with Gasteiger partial charge < -0.3 is 10.6 Å². The zero-order valence-electron chi connectivity index (χ0n) is 14.9. The molecule has 4 atom stereocenters. The van der Waals surface area contributed by atoms with Gasteiger partial charge in [0.05, 0.1) is 0 Å². The molecule has 4 nitrogen and oxygen atoms in total. The number of halogens is 1. The van der Waals surface area contributed by atoms with Gasteiger partial charge in [-0.2, -0.15) is 0 Å². The molecule has 1 saturated heterocycles. The molecule has 5 heteroatoms. The second kappa shape index (κ2) is 9.30. The minimum atomic E-state index is 0. The first-order chi connectivity index (χ1) is 10.0. The Kier molecular flexibility index (Phi) is 8.46. The molecule has 2 fully saturated rings. The highest BCUT2D eigenvalue weighted by atomic mass is 127. The minimum Gasteiger partial charge on any atom is -0.353 e. The summed E-state index contributed by atoms with van der Waals surface area (Å²) < 4.78 is 0. The van der Waals surface area contributed by atoms with Crippen LogP contribution in [0.25, 0.3) is 0 Å². The summed E-state index contributed by atoms with van der Waals surface area (Å²) in [4.78, 5) is 7.20. The number of hydrogen-bond donors (Lipinski definition) is 2. The SMILES string of the molecule is CCCC1CC1NC(=NCC)NC1CN(C(C)C)CC1C.I. The molecule has 1 heterocycles. The number of nitrogens with zero attached hydrogens (tertiary/aromatic N) is 2. The van der Waals surface area contributed by atoms with Gasteiger partial charge in [0.2, 0.25) is 0 Å². The first kappa shape index (κ1) is 20.0. The van der Waals surface area contributed by atoms with Crippen LogP contribution < -0.4 is 10.6 Å². The normalized spacial score (nSPS) is 32.0. The highest BCUT2D eigenvalue weighted by molar-refractivity contribution is 14.0. The first-order valence-corrected chi connectivity index (χ1v) is 8.86. The number of aliphatic imine (C=N–C) groups is 1. The van der Waals surface area contributed by atoms with Crippen molar-refractivity contribution in [2.75, 3.05) is 19.6 Å². The fraction of sp³-hybridized carbons (Fsp3) is 0.941. The van der Waals surface area contributed by atoms with Crippen molar-refractivity contribution in [3.8, 4) is 0 Å². The van der Waals surface area contributed by atoms with E-state index in [0.29, 0.717) is 24.0 Å². The average molecular weight is 422 g/mol. The van der Waals surface area contributed by atoms with Crippen molar-refractivity contribution in [1.82, 2.24) is 15.5 Å². The van der Waals surface area contributed by atoms with Crippen LogP contribution >= 0.6 is 24.0 Å². The highest BCUT2D eigenvalue weighted by Crippen LogP contribution is 2.34. The molecule has 1 saturated carbocycles. The van der Waals surface area contributed by atoms with Crippen molar-refractivity contribution in [3.05, 3.63) is 0 Å². The molecule has 0 aromatic heterocycles. The second-order valence-corrected chi connectivity index (χ2v) is 7.13. The molecule has 2 rings (SSSR count). The molecule has 4 unspecified atom stereocenters. The molecule has 0 amide bonds. The van der Waals surface area contributed by atoms with E-state index < -0.39 is 0 Å². The standard InChI is InChI=1S/C17H34N4.HI/c1-6-8-14-9-15(14)19-17(18-7-2)20-16-11-21(12(3)4)10-13(16)5;/h12-16H,6-11H2,1-5H3,(H2,18,19,20);1H. The van der Waals surface area contributed by atoms with Crippen LogP contribution in [0.4, 0.5) is 0 Å². The summed E-state index contributed by atoms with van der Waals surface area (Å²) in [5, 5.41) is 7.32. The molecule has 0 spiro atoms. The summed E-state index contributed by atoms with van der Waals surface area (Å²) in [7, 11) is 0. The van der Waals surface area contributed by atoms with Crippen LogP contribution in [0.2, 0.25) is 0 Å². The number of rotatable bonds is 6. The quantitative estimate of drug-likeness (QED) is 0.393. The van der Waals surface area contributed by atoms with Gasteiger partial charge in [-0.1, -0.05) is 20.3 Å². The van der Waals surface area contributed by atoms with Crippen LogP contribution in [-0.2, 0) is 0 Å². The summed E-state index contributed by atoms with van der Waals surface area (Å²) in [6, 6.07) is 1.81. The van der Waals surface area contributed by atoms with Gasteiger partial charge in [-0.05, 0) is 45.4 Å². The van der Waals surface area contributed by atoms with Crippen LogP contribution in [0.3, 0.4) is 0 Å². The van der Waals surface area contributed by atoms with Gasteiger partial charge in [0.15, 0.2) is 5.96 Å². The third-order valence-electron chi connectivity index (χ3n) is 4.91. The lowest BCUT2D eigenvalue weighted by Crippen LogP contribution is -2.47. The Morgan fingerprint density at radius 2 is 1.86 bits per heavy atom. The van der Waals surface area contributed by atoms with Crippen LogP contribution in [0.15, 0.2) is 4.99 Å². The van der Waals surface area contributed by atoms with E-state index in [1.54, 1.807) is 0 Å². The van der Waals surface area contributed by atoms with Gasteiger partial charge in [0.25, 0.3) is 0 Å². The molecule has 0 bridgehead atoms. The van der Waals surface area contributed by atoms with E-state index >= 15 is 0 Å². The number of guanidine groups is 1. The van der Waals surface area contributed by atoms with E-state index in [9.17, 15) is 0 Å². The summed E-state index contributed by atoms with van der Waals surface area (Å²) in [6.07, 6.45) is 3.95. The molecule has 0 aromatic carbocycles. The molecular formula is C17H35IN4. The molecule has 2 N–H and O–H groups in total. The smallest absolute Gasteiger partial charge is 0.191 e. The summed E-state index contributed by atoms with van der Waals surface area (Å²) in [5.41, 5.74) is 0. The fourth-order valence-corrected chi connectivity index (χ4v) is 3.37. The topological polar surface area (TPSA) is 39.7 Å². The van der Waals surface area contributed by atoms with Gasteiger partial charge in [0, 0.05) is 37.8 Å². The third-order valence-corrected chi connectivity index (χ3v) is 4.91. The second-order valence-electron chi connectivity index (χ2n) is 7.13. The molecule has 1 aliphatic carbocycles. The van der Waals surface area contributed by atoms with E-state index in [2.05, 4.69) is 55.1 Å². The molecule has 0 aromatic rings. The van der Waals surface area contributed by atoms with Gasteiger partial charge >= 0.3 is 0 Å². The maximum atomic E-state index is 4.64. The maximum Gasteiger partial charge on any atom is 0.191 e. The molecule has 22 heavy (non-hydrogen) atoms. The first-order valence-electron chi connectivity index (χ1n) is 8.86. The lowest BCUT2D eigenvalue weighted by Gasteiger charge is -2.22. The molecule has 1 aliphatic heterocycles. The number of nitrogens with one attached hydrogen (secondary N) is 2. The van der Waals surface area contributed by atoms with E-state index in [1.165, 1.54) is 25.8 Å². The Morgan fingerprint density at radius 3 is 2.41 bits per heavy atom. The van der Waals surface area contributed by atoms with Crippen LogP contribution in [0.5, 0.6) is 0 Å². The summed E-state index contributed by atoms with van der Waals surface area (Å²) in [6.45, 7) is 14.5. The van der Waals surface area contributed by atoms with Crippen molar-refractivity contribution in [1.29, 1.82) is 0 Å². The minimum absolute atomic E-state index is 0. The van der Waals surface area contributed by atoms with Crippen LogP contribution in [0, 0.1) is 11.8 Å². The Morgan fingerprint density at radius 1 is 1.18 bits per heavy atom. The molecular weight excluding hydrogens is 387 g/mol. The van der Waals surface area contributed by atoms with Crippen molar-refractivity contribution in [2.45, 2.75) is 72.0 Å². The van der Waals surface area contributed by atoms with E-state index in [-0.39, 0.29) is 24.0 Å². The maximum absolute atomic E-state index is 4.64. The Labute approximate surface area is 153 Å². The zero-order valence-corrected chi connectivity index (χ0v) is 17.3. The number of likely N-dealkylation sites (tertiary alicyclic amines) is 1. The number of hydrogen-bond acceptors (Lipinski definition) is 2. The van der Waals surface area contributed by atoms with Gasteiger partial charge in [-0.25, -0.2) is 0 Å². The Hall–Kier alpha value is -0.0400. The Bertz CT molecular complexity index is 359. The Balaban J connectivity index is 0.00000242. The van der Waals surface area contributed by atoms with Crippen molar-refractivity contribution < 1.29 is 0 Å². The fourth-order valence-electron chi connectivity index (χ4n) is 3.37. The monoisotopic (exact) mass is 422 g/mol. The predicted molar refractivity (Wildman–Crippen MR) is 106 cm³/mol. The van der Waals surface area contributed by atoms with Gasteiger partial charge in [0.1, 0.15) is 0 Å². The summed E-state index contributed by atoms with van der Waals surface area (Å²) in [5.74, 6) is 2.58. The van der Waals surface area contributed by atoms with E-state index in [0.717, 1.165) is 25.0 Å². The van der Waals surface area contributed by atoms with E-state index in [4.69, 9.17) is 0 Å². The lowest BCUT2D eigenvalue weighted by atomic mass is 10.1. The van der Waals surface area contributed by atoms with E-state index in [1.807, 2.05) is 0 Å². The van der Waals surface area contributed by atoms with Crippen molar-refractivity contribution in [2.24, 2.45) is 16.8 Å². The highest BCUT2D eigenvalue weighted by Gasteiger charge is 2.37. The molecule has 0 radical (unpaired) electrons. The molecule has 2 aliphatic rings. The zero-order chi connectivity index (χ0) is 15.4. The average Bonchev–Trinajstić information content (AvgIpc) is 3.03.